The summed E-state index contributed by atoms with van der Waals surface area (Å²) in [6.07, 6.45) is 0. The van der Waals surface area contributed by atoms with Crippen molar-refractivity contribution in [1.82, 2.24) is 0 Å². The maximum absolute atomic E-state index is 12.3. The zero-order valence-electron chi connectivity index (χ0n) is 9.70. The highest BCUT2D eigenvalue weighted by Gasteiger charge is 2.17. The Labute approximate surface area is 140 Å². The molecule has 0 saturated heterocycles. The molecular formula is C12H7BrCl3NO2S. The molecule has 2 rings (SSSR count). The summed E-state index contributed by atoms with van der Waals surface area (Å²) in [5, 5.41) is 0.978. The third kappa shape index (κ3) is 3.80. The Balaban J connectivity index is 2.40. The minimum absolute atomic E-state index is 0.0168. The topological polar surface area (TPSA) is 46.2 Å². The van der Waals surface area contributed by atoms with E-state index >= 15 is 0 Å². The summed E-state index contributed by atoms with van der Waals surface area (Å²) in [4.78, 5) is -0.0168. The summed E-state index contributed by atoms with van der Waals surface area (Å²) in [5.74, 6) is 0. The van der Waals surface area contributed by atoms with E-state index in [0.717, 1.165) is 0 Å². The van der Waals surface area contributed by atoms with Crippen LogP contribution in [0.5, 0.6) is 0 Å². The molecule has 2 aromatic carbocycles. The van der Waals surface area contributed by atoms with Crippen LogP contribution in [0.15, 0.2) is 45.8 Å². The van der Waals surface area contributed by atoms with Crippen molar-refractivity contribution >= 4 is 66.4 Å². The van der Waals surface area contributed by atoms with Gasteiger partial charge in [0, 0.05) is 19.5 Å². The third-order valence-corrected chi connectivity index (χ3v) is 4.99. The van der Waals surface area contributed by atoms with Gasteiger partial charge in [-0.15, -0.1) is 0 Å². The highest BCUT2D eigenvalue weighted by Crippen LogP contribution is 2.29. The Kier molecular flexibility index (Phi) is 4.87. The van der Waals surface area contributed by atoms with Crippen LogP contribution in [0.2, 0.25) is 15.1 Å². The third-order valence-electron chi connectivity index (χ3n) is 2.32. The normalized spacial score (nSPS) is 11.4. The molecular weight excluding hydrogens is 408 g/mol. The quantitative estimate of drug-likeness (QED) is 0.748. The van der Waals surface area contributed by atoms with Crippen molar-refractivity contribution in [2.45, 2.75) is 4.90 Å². The van der Waals surface area contributed by atoms with Crippen molar-refractivity contribution in [3.63, 3.8) is 0 Å². The van der Waals surface area contributed by atoms with Gasteiger partial charge in [0.1, 0.15) is 0 Å². The molecule has 8 heteroatoms. The van der Waals surface area contributed by atoms with Gasteiger partial charge in [-0.05, 0) is 52.3 Å². The molecule has 0 atom stereocenters. The molecule has 3 nitrogen and oxygen atoms in total. The number of benzene rings is 2. The number of rotatable bonds is 3. The van der Waals surface area contributed by atoms with Crippen molar-refractivity contribution in [3.05, 3.63) is 55.9 Å². The van der Waals surface area contributed by atoms with E-state index in [9.17, 15) is 8.42 Å². The summed E-state index contributed by atoms with van der Waals surface area (Å²) in [6.45, 7) is 0. The monoisotopic (exact) mass is 413 g/mol. The van der Waals surface area contributed by atoms with Crippen LogP contribution in [0.4, 0.5) is 5.69 Å². The molecule has 0 unspecified atom stereocenters. The van der Waals surface area contributed by atoms with Crippen molar-refractivity contribution in [2.24, 2.45) is 0 Å². The minimum atomic E-state index is -3.79. The van der Waals surface area contributed by atoms with Crippen molar-refractivity contribution in [3.8, 4) is 0 Å². The Bertz CT molecular complexity index is 745. The first-order valence-corrected chi connectivity index (χ1v) is 8.63. The summed E-state index contributed by atoms with van der Waals surface area (Å²) in [7, 11) is -3.79. The summed E-state index contributed by atoms with van der Waals surface area (Å²) < 4.78 is 27.5. The second kappa shape index (κ2) is 6.12. The van der Waals surface area contributed by atoms with Gasteiger partial charge in [-0.25, -0.2) is 8.42 Å². The Morgan fingerprint density at radius 1 is 0.900 bits per heavy atom. The Morgan fingerprint density at radius 2 is 1.50 bits per heavy atom. The number of nitrogens with one attached hydrogen (secondary N) is 1. The second-order valence-corrected chi connectivity index (χ2v) is 7.68. The number of sulfonamides is 1. The summed E-state index contributed by atoms with van der Waals surface area (Å²) >= 11 is 20.7. The van der Waals surface area contributed by atoms with E-state index in [-0.39, 0.29) is 14.9 Å². The van der Waals surface area contributed by atoms with Crippen LogP contribution in [0.25, 0.3) is 0 Å². The second-order valence-electron chi connectivity index (χ2n) is 3.83. The SMILES string of the molecule is O=S(=O)(Nc1ccc(Cl)cc1Br)c1cc(Cl)cc(Cl)c1. The van der Waals surface area contributed by atoms with E-state index in [1.54, 1.807) is 18.2 Å². The lowest BCUT2D eigenvalue weighted by Crippen LogP contribution is -2.13. The van der Waals surface area contributed by atoms with E-state index in [1.807, 2.05) is 0 Å². The molecule has 0 aliphatic rings. The molecule has 0 amide bonds. The molecule has 0 radical (unpaired) electrons. The minimum Gasteiger partial charge on any atom is -0.278 e. The molecule has 0 aromatic heterocycles. The van der Waals surface area contributed by atoms with Gasteiger partial charge in [-0.3, -0.25) is 4.72 Å². The molecule has 20 heavy (non-hydrogen) atoms. The number of hydrogen-bond donors (Lipinski definition) is 1. The lowest BCUT2D eigenvalue weighted by molar-refractivity contribution is 0.601. The zero-order valence-corrected chi connectivity index (χ0v) is 14.4. The summed E-state index contributed by atoms with van der Waals surface area (Å²) in [5.41, 5.74) is 0.366. The van der Waals surface area contributed by atoms with Crippen LogP contribution in [0.1, 0.15) is 0 Å². The average Bonchev–Trinajstić information content (AvgIpc) is 2.31. The molecule has 2 aromatic rings. The maximum atomic E-state index is 12.3. The zero-order chi connectivity index (χ0) is 14.9. The van der Waals surface area contributed by atoms with Gasteiger partial charge < -0.3 is 0 Å². The first-order valence-electron chi connectivity index (χ1n) is 5.22. The predicted octanol–water partition coefficient (Wildman–Crippen LogP) is 5.21. The summed E-state index contributed by atoms with van der Waals surface area (Å²) in [6, 6.07) is 8.81. The van der Waals surface area contributed by atoms with E-state index in [1.165, 1.54) is 18.2 Å². The smallest absolute Gasteiger partial charge is 0.262 e. The molecule has 0 spiro atoms. The first-order chi connectivity index (χ1) is 9.28. The van der Waals surface area contributed by atoms with Gasteiger partial charge >= 0.3 is 0 Å². The van der Waals surface area contributed by atoms with Crippen molar-refractivity contribution in [2.75, 3.05) is 4.72 Å². The molecule has 0 bridgehead atoms. The van der Waals surface area contributed by atoms with Crippen LogP contribution in [-0.4, -0.2) is 8.42 Å². The molecule has 0 heterocycles. The fraction of sp³-hybridized carbons (Fsp3) is 0. The molecule has 0 fully saturated rings. The van der Waals surface area contributed by atoms with Crippen LogP contribution in [-0.2, 0) is 10.0 Å². The van der Waals surface area contributed by atoms with E-state index < -0.39 is 10.0 Å². The first kappa shape index (κ1) is 15.9. The molecule has 106 valence electrons. The van der Waals surface area contributed by atoms with Crippen LogP contribution < -0.4 is 4.72 Å². The van der Waals surface area contributed by atoms with Gasteiger partial charge in [-0.2, -0.15) is 0 Å². The van der Waals surface area contributed by atoms with Gasteiger partial charge in [0.05, 0.1) is 10.6 Å². The van der Waals surface area contributed by atoms with E-state index in [2.05, 4.69) is 20.7 Å². The molecule has 1 N–H and O–H groups in total. The number of hydrogen-bond acceptors (Lipinski definition) is 2. The van der Waals surface area contributed by atoms with Crippen molar-refractivity contribution < 1.29 is 8.42 Å². The van der Waals surface area contributed by atoms with Crippen molar-refractivity contribution in [1.29, 1.82) is 0 Å². The van der Waals surface area contributed by atoms with Crippen LogP contribution >= 0.6 is 50.7 Å². The standard InChI is InChI=1S/C12H7BrCl3NO2S/c13-11-6-7(14)1-2-12(11)17-20(18,19)10-4-8(15)3-9(16)5-10/h1-6,17H. The van der Waals surface area contributed by atoms with Gasteiger partial charge in [0.25, 0.3) is 10.0 Å². The highest BCUT2D eigenvalue weighted by atomic mass is 79.9. The van der Waals surface area contributed by atoms with E-state index in [4.69, 9.17) is 34.8 Å². The fourth-order valence-corrected chi connectivity index (χ4v) is 4.18. The molecule has 0 aliphatic carbocycles. The van der Waals surface area contributed by atoms with Crippen LogP contribution in [0, 0.1) is 0 Å². The lowest BCUT2D eigenvalue weighted by atomic mass is 10.3. The van der Waals surface area contributed by atoms with Gasteiger partial charge in [0.15, 0.2) is 0 Å². The van der Waals surface area contributed by atoms with Gasteiger partial charge in [-0.1, -0.05) is 34.8 Å². The maximum Gasteiger partial charge on any atom is 0.262 e. The molecule has 0 saturated carbocycles. The Hall–Kier alpha value is -0.460. The predicted molar refractivity (Wildman–Crippen MR) is 86.4 cm³/mol. The Morgan fingerprint density at radius 3 is 2.05 bits per heavy atom. The lowest BCUT2D eigenvalue weighted by Gasteiger charge is -2.10. The molecule has 0 aliphatic heterocycles. The average molecular weight is 416 g/mol. The fourth-order valence-electron chi connectivity index (χ4n) is 1.46. The largest absolute Gasteiger partial charge is 0.278 e. The van der Waals surface area contributed by atoms with Crippen LogP contribution in [0.3, 0.4) is 0 Å². The highest BCUT2D eigenvalue weighted by molar-refractivity contribution is 9.10. The number of anilines is 1. The van der Waals surface area contributed by atoms with E-state index in [0.29, 0.717) is 15.2 Å². The van der Waals surface area contributed by atoms with Gasteiger partial charge in [0.2, 0.25) is 0 Å². The number of halogens is 4.